The molecule has 0 aliphatic rings. The maximum absolute atomic E-state index is 12.3. The van der Waals surface area contributed by atoms with E-state index in [2.05, 4.69) is 58.8 Å². The Balaban J connectivity index is 1.13. The Bertz CT molecular complexity index is 1900. The van der Waals surface area contributed by atoms with Crippen LogP contribution in [0.4, 0.5) is 0 Å². The first kappa shape index (κ1) is 26.2. The number of amides is 1. The number of aryl methyl sites for hydroxylation is 1. The molecule has 0 aliphatic heterocycles. The molecule has 0 unspecified atom stereocenters. The number of nitrogens with one attached hydrogen (secondary N) is 1. The second-order valence-corrected chi connectivity index (χ2v) is 10.0. The predicted octanol–water partition coefficient (Wildman–Crippen LogP) is 7.61. The Morgan fingerprint density at radius 1 is 0.902 bits per heavy atom. The predicted molar refractivity (Wildman–Crippen MR) is 165 cm³/mol. The molecule has 0 saturated heterocycles. The van der Waals surface area contributed by atoms with E-state index < -0.39 is 0 Å². The van der Waals surface area contributed by atoms with Crippen LogP contribution < -0.4 is 10.2 Å². The van der Waals surface area contributed by atoms with Gasteiger partial charge in [-0.05, 0) is 78.7 Å². The largest absolute Gasteiger partial charge is 0.484 e. The van der Waals surface area contributed by atoms with Crippen LogP contribution >= 0.6 is 11.6 Å². The number of halogens is 1. The van der Waals surface area contributed by atoms with Crippen molar-refractivity contribution < 1.29 is 9.53 Å². The highest BCUT2D eigenvalue weighted by atomic mass is 35.5. The van der Waals surface area contributed by atoms with Crippen molar-refractivity contribution in [1.29, 1.82) is 0 Å². The summed E-state index contributed by atoms with van der Waals surface area (Å²) < 4.78 is 5.68. The first-order valence-electron chi connectivity index (χ1n) is 13.1. The molecule has 6 rings (SSSR count). The summed E-state index contributed by atoms with van der Waals surface area (Å²) in [5.74, 6) is 0.181. The second kappa shape index (κ2) is 11.6. The summed E-state index contributed by atoms with van der Waals surface area (Å²) in [6, 6.07) is 33.7. The average molecular weight is 557 g/mol. The molecule has 0 fully saturated rings. The molecule has 0 atom stereocenters. The van der Waals surface area contributed by atoms with Crippen molar-refractivity contribution in [2.75, 3.05) is 6.61 Å². The normalized spacial score (nSPS) is 11.3. The summed E-state index contributed by atoms with van der Waals surface area (Å²) in [6.07, 6.45) is 3.21. The van der Waals surface area contributed by atoms with Gasteiger partial charge in [0.1, 0.15) is 5.75 Å². The standard InChI is InChI=1S/C34H25ClN4O2/c1-22-9-14-31-29(16-22)28(23-6-3-2-4-7-23)18-33(38-31)24-10-12-27(13-11-24)41-21-34(40)39-37-20-26-17-25-8-5-15-36-32(25)19-30(26)35/h2-20H,21H2,1H3,(H,39,40)/b37-20+. The summed E-state index contributed by atoms with van der Waals surface area (Å²) in [5, 5.41) is 6.57. The van der Waals surface area contributed by atoms with Crippen molar-refractivity contribution in [2.45, 2.75) is 6.92 Å². The van der Waals surface area contributed by atoms with Gasteiger partial charge in [0.15, 0.2) is 6.61 Å². The molecule has 0 aliphatic carbocycles. The van der Waals surface area contributed by atoms with E-state index in [0.29, 0.717) is 16.3 Å². The van der Waals surface area contributed by atoms with Crippen LogP contribution in [0.2, 0.25) is 5.02 Å². The maximum Gasteiger partial charge on any atom is 0.277 e. The molecule has 1 N–H and O–H groups in total. The van der Waals surface area contributed by atoms with Gasteiger partial charge in [-0.1, -0.05) is 59.6 Å². The van der Waals surface area contributed by atoms with Crippen LogP contribution in [-0.2, 0) is 4.79 Å². The van der Waals surface area contributed by atoms with Gasteiger partial charge >= 0.3 is 0 Å². The van der Waals surface area contributed by atoms with E-state index in [0.717, 1.165) is 44.2 Å². The maximum atomic E-state index is 12.3. The Morgan fingerprint density at radius 3 is 2.56 bits per heavy atom. The number of carbonyl (C=O) groups is 1. The molecule has 0 radical (unpaired) electrons. The highest BCUT2D eigenvalue weighted by Crippen LogP contribution is 2.33. The Hall–Kier alpha value is -5.07. The summed E-state index contributed by atoms with van der Waals surface area (Å²) in [5.41, 5.74) is 10.2. The fourth-order valence-electron chi connectivity index (χ4n) is 4.63. The van der Waals surface area contributed by atoms with E-state index >= 15 is 0 Å². The van der Waals surface area contributed by atoms with Crippen LogP contribution in [0.25, 0.3) is 44.2 Å². The number of pyridine rings is 2. The zero-order chi connectivity index (χ0) is 28.2. The molecule has 200 valence electrons. The molecule has 4 aromatic carbocycles. The van der Waals surface area contributed by atoms with E-state index in [-0.39, 0.29) is 12.5 Å². The minimum atomic E-state index is -0.386. The number of benzene rings is 4. The third kappa shape index (κ3) is 5.93. The third-order valence-corrected chi connectivity index (χ3v) is 7.01. The highest BCUT2D eigenvalue weighted by Gasteiger charge is 2.11. The first-order valence-corrected chi connectivity index (χ1v) is 13.5. The number of hydrazone groups is 1. The van der Waals surface area contributed by atoms with Gasteiger partial charge in [-0.25, -0.2) is 10.4 Å². The lowest BCUT2D eigenvalue weighted by molar-refractivity contribution is -0.123. The summed E-state index contributed by atoms with van der Waals surface area (Å²) in [6.45, 7) is 1.91. The SMILES string of the molecule is Cc1ccc2nc(-c3ccc(OCC(=O)N/N=C/c4cc5cccnc5cc4Cl)cc3)cc(-c3ccccc3)c2c1. The lowest BCUT2D eigenvalue weighted by Crippen LogP contribution is -2.24. The Kier molecular flexibility index (Phi) is 7.39. The molecule has 6 aromatic rings. The first-order chi connectivity index (χ1) is 20.0. The van der Waals surface area contributed by atoms with Crippen molar-refractivity contribution in [3.05, 3.63) is 125 Å². The molecule has 2 heterocycles. The average Bonchev–Trinajstić information content (AvgIpc) is 3.00. The number of hydrogen-bond acceptors (Lipinski definition) is 5. The molecule has 0 spiro atoms. The van der Waals surface area contributed by atoms with Gasteiger partial charge in [-0.15, -0.1) is 0 Å². The molecule has 0 saturated carbocycles. The lowest BCUT2D eigenvalue weighted by Gasteiger charge is -2.12. The highest BCUT2D eigenvalue weighted by molar-refractivity contribution is 6.33. The molecular formula is C34H25ClN4O2. The number of nitrogens with zero attached hydrogens (tertiary/aromatic N) is 3. The minimum Gasteiger partial charge on any atom is -0.484 e. The van der Waals surface area contributed by atoms with E-state index in [9.17, 15) is 4.79 Å². The van der Waals surface area contributed by atoms with Gasteiger partial charge in [0.05, 0.1) is 28.0 Å². The number of fused-ring (bicyclic) bond motifs is 2. The van der Waals surface area contributed by atoms with E-state index in [1.807, 2.05) is 60.7 Å². The quantitative estimate of drug-likeness (QED) is 0.162. The Labute approximate surface area is 242 Å². The molecular weight excluding hydrogens is 532 g/mol. The fraction of sp³-hybridized carbons (Fsp3) is 0.0588. The topological polar surface area (TPSA) is 76.5 Å². The van der Waals surface area contributed by atoms with E-state index in [1.165, 1.54) is 11.8 Å². The smallest absolute Gasteiger partial charge is 0.277 e. The van der Waals surface area contributed by atoms with Gasteiger partial charge in [0.2, 0.25) is 0 Å². The van der Waals surface area contributed by atoms with Gasteiger partial charge in [-0.3, -0.25) is 9.78 Å². The number of carbonyl (C=O) groups excluding carboxylic acids is 1. The Morgan fingerprint density at radius 2 is 1.73 bits per heavy atom. The number of hydrogen-bond donors (Lipinski definition) is 1. The summed E-state index contributed by atoms with van der Waals surface area (Å²) in [7, 11) is 0. The van der Waals surface area contributed by atoms with E-state index in [1.54, 1.807) is 12.3 Å². The molecule has 0 bridgehead atoms. The second-order valence-electron chi connectivity index (χ2n) is 9.62. The minimum absolute atomic E-state index is 0.183. The summed E-state index contributed by atoms with van der Waals surface area (Å²) >= 11 is 6.32. The van der Waals surface area contributed by atoms with Crippen LogP contribution in [-0.4, -0.2) is 28.7 Å². The van der Waals surface area contributed by atoms with Gasteiger partial charge in [0.25, 0.3) is 5.91 Å². The van der Waals surface area contributed by atoms with Crippen molar-refractivity contribution in [3.63, 3.8) is 0 Å². The van der Waals surface area contributed by atoms with Crippen LogP contribution in [0.15, 0.2) is 114 Å². The van der Waals surface area contributed by atoms with Gasteiger partial charge in [-0.2, -0.15) is 5.10 Å². The monoisotopic (exact) mass is 556 g/mol. The number of aromatic nitrogens is 2. The van der Waals surface area contributed by atoms with Gasteiger partial charge in [0, 0.05) is 28.1 Å². The molecule has 2 aromatic heterocycles. The van der Waals surface area contributed by atoms with Crippen molar-refractivity contribution in [1.82, 2.24) is 15.4 Å². The fourth-order valence-corrected chi connectivity index (χ4v) is 4.84. The van der Waals surface area contributed by atoms with Gasteiger partial charge < -0.3 is 4.74 Å². The van der Waals surface area contributed by atoms with Crippen LogP contribution in [0.1, 0.15) is 11.1 Å². The zero-order valence-electron chi connectivity index (χ0n) is 22.2. The van der Waals surface area contributed by atoms with Crippen LogP contribution in [0.5, 0.6) is 5.75 Å². The molecule has 41 heavy (non-hydrogen) atoms. The van der Waals surface area contributed by atoms with Crippen molar-refractivity contribution in [3.8, 4) is 28.1 Å². The van der Waals surface area contributed by atoms with Crippen molar-refractivity contribution >= 4 is 45.5 Å². The van der Waals surface area contributed by atoms with E-state index in [4.69, 9.17) is 21.3 Å². The molecule has 1 amide bonds. The third-order valence-electron chi connectivity index (χ3n) is 6.68. The number of ether oxygens (including phenoxy) is 1. The van der Waals surface area contributed by atoms with Crippen LogP contribution in [0, 0.1) is 6.92 Å². The molecule has 7 heteroatoms. The summed E-state index contributed by atoms with van der Waals surface area (Å²) in [4.78, 5) is 21.5. The lowest BCUT2D eigenvalue weighted by atomic mass is 9.97. The van der Waals surface area contributed by atoms with Crippen LogP contribution in [0.3, 0.4) is 0 Å². The number of rotatable bonds is 7. The zero-order valence-corrected chi connectivity index (χ0v) is 23.0. The van der Waals surface area contributed by atoms with Crippen molar-refractivity contribution in [2.24, 2.45) is 5.10 Å². The molecule has 6 nitrogen and oxygen atoms in total.